The number of thiophene rings is 1. The molecule has 1 unspecified atom stereocenters. The van der Waals surface area contributed by atoms with Crippen molar-refractivity contribution in [2.75, 3.05) is 0 Å². The van der Waals surface area contributed by atoms with E-state index in [0.717, 1.165) is 21.5 Å². The molecule has 6 heteroatoms. The maximum absolute atomic E-state index is 12.9. The van der Waals surface area contributed by atoms with Gasteiger partial charge in [-0.25, -0.2) is 4.21 Å². The molecule has 1 aliphatic rings. The normalized spacial score (nSPS) is 17.9. The Hall–Kier alpha value is -1.40. The van der Waals surface area contributed by atoms with E-state index in [2.05, 4.69) is 0 Å². The van der Waals surface area contributed by atoms with E-state index in [1.165, 1.54) is 11.3 Å². The summed E-state index contributed by atoms with van der Waals surface area (Å²) in [5.74, 6) is 0. The Morgan fingerprint density at radius 1 is 1.05 bits per heavy atom. The van der Waals surface area contributed by atoms with E-state index in [1.54, 1.807) is 0 Å². The summed E-state index contributed by atoms with van der Waals surface area (Å²) in [6, 6.07) is 8.54. The van der Waals surface area contributed by atoms with Crippen LogP contribution < -0.4 is 0 Å². The fourth-order valence-electron chi connectivity index (χ4n) is 2.37. The molecule has 19 heavy (non-hydrogen) atoms. The average molecular weight is 298 g/mol. The van der Waals surface area contributed by atoms with E-state index in [1.807, 2.05) is 24.3 Å². The van der Waals surface area contributed by atoms with Gasteiger partial charge in [-0.3, -0.25) is 0 Å². The van der Waals surface area contributed by atoms with Crippen molar-refractivity contribution < 1.29 is 17.4 Å². The molecule has 0 radical (unpaired) electrons. The molecule has 0 N–H and O–H groups in total. The molecule has 1 aromatic heterocycles. The van der Waals surface area contributed by atoms with Crippen molar-refractivity contribution in [3.8, 4) is 0 Å². The van der Waals surface area contributed by atoms with Crippen LogP contribution in [0.2, 0.25) is 0 Å². The van der Waals surface area contributed by atoms with Crippen LogP contribution in [0.1, 0.15) is 5.56 Å². The third-order valence-electron chi connectivity index (χ3n) is 3.21. The highest BCUT2D eigenvalue weighted by Gasteiger charge is 2.45. The Labute approximate surface area is 112 Å². The third-order valence-corrected chi connectivity index (χ3v) is 5.70. The third kappa shape index (κ3) is 1.44. The summed E-state index contributed by atoms with van der Waals surface area (Å²) < 4.78 is 52.0. The van der Waals surface area contributed by atoms with Gasteiger partial charge in [-0.1, -0.05) is 18.2 Å². The average Bonchev–Trinajstić information content (AvgIpc) is 2.86. The lowest BCUT2D eigenvalue weighted by Crippen LogP contribution is -2.04. The smallest absolute Gasteiger partial charge is 0.249 e. The zero-order valence-electron chi connectivity index (χ0n) is 9.25. The standard InChI is InChI=1S/C13H5F3OS2/c14-13(15,16)7-5-9-10(12-11(7)19(12)17)6-3-1-2-4-8(6)18-9/h1-5H. The van der Waals surface area contributed by atoms with Gasteiger partial charge >= 0.3 is 6.18 Å². The summed E-state index contributed by atoms with van der Waals surface area (Å²) in [7, 11) is -1.59. The van der Waals surface area contributed by atoms with Crippen LogP contribution in [0.4, 0.5) is 13.2 Å². The summed E-state index contributed by atoms with van der Waals surface area (Å²) in [6.45, 7) is 0. The van der Waals surface area contributed by atoms with Gasteiger partial charge in [0.05, 0.1) is 26.2 Å². The number of halogens is 3. The second-order valence-corrected chi connectivity index (χ2v) is 6.76. The molecular formula is C13H5F3OS2. The Morgan fingerprint density at radius 2 is 1.79 bits per heavy atom. The first kappa shape index (κ1) is 11.4. The van der Waals surface area contributed by atoms with Gasteiger partial charge in [0.1, 0.15) is 0 Å². The minimum absolute atomic E-state index is 0.0384. The van der Waals surface area contributed by atoms with Crippen molar-refractivity contribution in [1.29, 1.82) is 0 Å². The van der Waals surface area contributed by atoms with E-state index < -0.39 is 22.5 Å². The molecule has 3 aromatic rings. The van der Waals surface area contributed by atoms with Gasteiger partial charge in [0.15, 0.2) is 0 Å². The first-order chi connectivity index (χ1) is 8.98. The van der Waals surface area contributed by atoms with E-state index in [9.17, 15) is 17.4 Å². The minimum Gasteiger partial charge on any atom is -0.249 e. The van der Waals surface area contributed by atoms with Gasteiger partial charge < -0.3 is 0 Å². The zero-order chi connectivity index (χ0) is 13.4. The maximum atomic E-state index is 12.9. The molecule has 1 nitrogen and oxygen atoms in total. The van der Waals surface area contributed by atoms with Gasteiger partial charge in [0.2, 0.25) is 0 Å². The summed E-state index contributed by atoms with van der Waals surface area (Å²) in [6.07, 6.45) is -4.44. The van der Waals surface area contributed by atoms with Crippen LogP contribution in [0.15, 0.2) is 40.1 Å². The molecule has 2 heterocycles. The fourth-order valence-corrected chi connectivity index (χ4v) is 4.95. The topological polar surface area (TPSA) is 17.1 Å². The lowest BCUT2D eigenvalue weighted by atomic mass is 10.1. The lowest BCUT2D eigenvalue weighted by molar-refractivity contribution is -0.139. The summed E-state index contributed by atoms with van der Waals surface area (Å²) in [4.78, 5) is 0.325. The minimum atomic E-state index is -4.44. The molecule has 0 aliphatic carbocycles. The number of rotatable bonds is 0. The largest absolute Gasteiger partial charge is 0.417 e. The van der Waals surface area contributed by atoms with Crippen molar-refractivity contribution in [2.24, 2.45) is 0 Å². The highest BCUT2D eigenvalue weighted by atomic mass is 32.2. The number of hydrogen-bond acceptors (Lipinski definition) is 2. The predicted octanol–water partition coefficient (Wildman–Crippen LogP) is 4.55. The molecule has 1 aliphatic heterocycles. The number of hydrogen-bond donors (Lipinski definition) is 0. The molecular weight excluding hydrogens is 293 g/mol. The predicted molar refractivity (Wildman–Crippen MR) is 69.0 cm³/mol. The molecule has 2 aromatic carbocycles. The van der Waals surface area contributed by atoms with Crippen molar-refractivity contribution in [3.05, 3.63) is 35.9 Å². The first-order valence-electron chi connectivity index (χ1n) is 5.45. The van der Waals surface area contributed by atoms with E-state index in [4.69, 9.17) is 0 Å². The lowest BCUT2D eigenvalue weighted by Gasteiger charge is -2.04. The summed E-state index contributed by atoms with van der Waals surface area (Å²) in [5, 5.41) is 1.61. The monoisotopic (exact) mass is 298 g/mol. The van der Waals surface area contributed by atoms with E-state index >= 15 is 0 Å². The Balaban J connectivity index is 2.20. The van der Waals surface area contributed by atoms with Crippen LogP contribution >= 0.6 is 11.3 Å². The van der Waals surface area contributed by atoms with Gasteiger partial charge in [-0.15, -0.1) is 11.3 Å². The van der Waals surface area contributed by atoms with Gasteiger partial charge in [0.25, 0.3) is 0 Å². The summed E-state index contributed by atoms with van der Waals surface area (Å²) in [5.41, 5.74) is -0.750. The molecule has 1 atom stereocenters. The Kier molecular flexibility index (Phi) is 2.03. The highest BCUT2D eigenvalue weighted by Crippen LogP contribution is 2.53. The Bertz CT molecular complexity index is 877. The highest BCUT2D eigenvalue weighted by molar-refractivity contribution is 7.91. The molecule has 0 saturated heterocycles. The van der Waals surface area contributed by atoms with Crippen molar-refractivity contribution in [3.63, 3.8) is 0 Å². The molecule has 96 valence electrons. The summed E-state index contributed by atoms with van der Waals surface area (Å²) >= 11 is 1.31. The number of fused-ring (bicyclic) bond motifs is 5. The van der Waals surface area contributed by atoms with Gasteiger partial charge in [-0.05, 0) is 12.1 Å². The van der Waals surface area contributed by atoms with Crippen LogP contribution in [0.5, 0.6) is 0 Å². The zero-order valence-corrected chi connectivity index (χ0v) is 10.9. The van der Waals surface area contributed by atoms with Gasteiger partial charge in [0, 0.05) is 20.2 Å². The molecule has 0 saturated carbocycles. The van der Waals surface area contributed by atoms with Crippen molar-refractivity contribution in [1.82, 2.24) is 0 Å². The molecule has 4 rings (SSSR count). The SMILES string of the molecule is O=S1c2c(C(F)(F)F)cc3sc4ccccc4c3c21. The van der Waals surface area contributed by atoms with E-state index in [-0.39, 0.29) is 4.90 Å². The quantitative estimate of drug-likeness (QED) is 0.435. The fraction of sp³-hybridized carbons (Fsp3) is 0.0769. The molecule has 0 amide bonds. The maximum Gasteiger partial charge on any atom is 0.417 e. The van der Waals surface area contributed by atoms with Gasteiger partial charge in [-0.2, -0.15) is 13.2 Å². The van der Waals surface area contributed by atoms with Crippen LogP contribution in [0.3, 0.4) is 0 Å². The number of alkyl halides is 3. The molecule has 0 fully saturated rings. The first-order valence-corrected chi connectivity index (χ1v) is 7.42. The Morgan fingerprint density at radius 3 is 2.53 bits per heavy atom. The second-order valence-electron chi connectivity index (χ2n) is 4.32. The van der Waals surface area contributed by atoms with Crippen molar-refractivity contribution >= 4 is 42.3 Å². The van der Waals surface area contributed by atoms with Crippen LogP contribution in [0, 0.1) is 0 Å². The van der Waals surface area contributed by atoms with Crippen LogP contribution in [-0.4, -0.2) is 4.21 Å². The van der Waals surface area contributed by atoms with E-state index in [0.29, 0.717) is 9.60 Å². The molecule has 0 spiro atoms. The van der Waals surface area contributed by atoms with Crippen LogP contribution in [0.25, 0.3) is 20.2 Å². The second kappa shape index (κ2) is 3.37. The van der Waals surface area contributed by atoms with Crippen molar-refractivity contribution in [2.45, 2.75) is 16.0 Å². The number of benzene rings is 2. The van der Waals surface area contributed by atoms with Crippen LogP contribution in [-0.2, 0) is 17.0 Å². The molecule has 0 bridgehead atoms.